The number of nitrogens with two attached hydrogens (primary N) is 1. The van der Waals surface area contributed by atoms with Crippen LogP contribution in [0.1, 0.15) is 5.56 Å². The van der Waals surface area contributed by atoms with Gasteiger partial charge in [0, 0.05) is 6.20 Å². The van der Waals surface area contributed by atoms with Crippen molar-refractivity contribution in [3.63, 3.8) is 0 Å². The first-order chi connectivity index (χ1) is 6.65. The van der Waals surface area contributed by atoms with Crippen LogP contribution < -0.4 is 5.73 Å². The van der Waals surface area contributed by atoms with Crippen LogP contribution in [0.5, 0.6) is 0 Å². The largest absolute Gasteiger partial charge is 0.381 e. The number of aromatic nitrogens is 2. The number of thiophene rings is 1. The number of hydrogen-bond donors (Lipinski definition) is 1. The highest BCUT2D eigenvalue weighted by atomic mass is 79.9. The van der Waals surface area contributed by atoms with Crippen LogP contribution >= 0.6 is 38.9 Å². The van der Waals surface area contributed by atoms with Gasteiger partial charge in [-0.3, -0.25) is 4.68 Å². The number of nitrogen functional groups attached to an aromatic ring is 1. The molecule has 2 aromatic rings. The SMILES string of the molecule is Nc1nn(Cc2csc(Cl)c2)cc1Br. The van der Waals surface area contributed by atoms with Gasteiger partial charge in [-0.05, 0) is 32.9 Å². The lowest BCUT2D eigenvalue weighted by atomic mass is 10.3. The topological polar surface area (TPSA) is 43.8 Å². The zero-order valence-electron chi connectivity index (χ0n) is 7.08. The van der Waals surface area contributed by atoms with Crippen LogP contribution in [-0.4, -0.2) is 9.78 Å². The highest BCUT2D eigenvalue weighted by molar-refractivity contribution is 9.10. The fourth-order valence-corrected chi connectivity index (χ4v) is 2.32. The number of anilines is 1. The second kappa shape index (κ2) is 3.92. The summed E-state index contributed by atoms with van der Waals surface area (Å²) in [4.78, 5) is 0. The molecule has 0 aliphatic rings. The summed E-state index contributed by atoms with van der Waals surface area (Å²) in [5, 5.41) is 6.13. The molecule has 0 fully saturated rings. The van der Waals surface area contributed by atoms with Gasteiger partial charge in [-0.2, -0.15) is 5.10 Å². The van der Waals surface area contributed by atoms with Gasteiger partial charge in [-0.1, -0.05) is 11.6 Å². The van der Waals surface area contributed by atoms with E-state index >= 15 is 0 Å². The van der Waals surface area contributed by atoms with E-state index in [0.29, 0.717) is 12.4 Å². The van der Waals surface area contributed by atoms with Crippen LogP contribution in [0.15, 0.2) is 22.1 Å². The molecule has 0 radical (unpaired) electrons. The van der Waals surface area contributed by atoms with Crippen LogP contribution in [0.4, 0.5) is 5.82 Å². The summed E-state index contributed by atoms with van der Waals surface area (Å²) in [5.41, 5.74) is 6.73. The van der Waals surface area contributed by atoms with Crippen molar-refractivity contribution in [1.82, 2.24) is 9.78 Å². The van der Waals surface area contributed by atoms with E-state index in [0.717, 1.165) is 14.4 Å². The lowest BCUT2D eigenvalue weighted by Gasteiger charge is -1.96. The third-order valence-electron chi connectivity index (χ3n) is 1.71. The van der Waals surface area contributed by atoms with Crippen LogP contribution in [-0.2, 0) is 6.54 Å². The molecule has 0 aliphatic carbocycles. The van der Waals surface area contributed by atoms with E-state index < -0.39 is 0 Å². The van der Waals surface area contributed by atoms with E-state index in [2.05, 4.69) is 21.0 Å². The van der Waals surface area contributed by atoms with E-state index in [1.807, 2.05) is 17.6 Å². The molecule has 0 unspecified atom stereocenters. The fourth-order valence-electron chi connectivity index (χ4n) is 1.11. The Morgan fingerprint density at radius 3 is 2.93 bits per heavy atom. The quantitative estimate of drug-likeness (QED) is 0.925. The first kappa shape index (κ1) is 10.0. The van der Waals surface area contributed by atoms with Crippen molar-refractivity contribution in [1.29, 1.82) is 0 Å². The summed E-state index contributed by atoms with van der Waals surface area (Å²) < 4.78 is 3.38. The van der Waals surface area contributed by atoms with Crippen LogP contribution in [0.2, 0.25) is 4.34 Å². The van der Waals surface area contributed by atoms with Gasteiger partial charge in [0.15, 0.2) is 5.82 Å². The minimum absolute atomic E-state index is 0.506. The zero-order chi connectivity index (χ0) is 10.1. The number of rotatable bonds is 2. The summed E-state index contributed by atoms with van der Waals surface area (Å²) in [6.07, 6.45) is 1.85. The predicted molar refractivity (Wildman–Crippen MR) is 62.8 cm³/mol. The molecule has 0 aromatic carbocycles. The first-order valence-corrected chi connectivity index (χ1v) is 5.91. The normalized spacial score (nSPS) is 10.7. The van der Waals surface area contributed by atoms with E-state index in [1.54, 1.807) is 4.68 Å². The maximum Gasteiger partial charge on any atom is 0.159 e. The molecule has 0 atom stereocenters. The van der Waals surface area contributed by atoms with Crippen LogP contribution in [0, 0.1) is 0 Å². The molecule has 74 valence electrons. The summed E-state index contributed by atoms with van der Waals surface area (Å²) in [5.74, 6) is 0.506. The van der Waals surface area contributed by atoms with Gasteiger partial charge < -0.3 is 5.73 Å². The van der Waals surface area contributed by atoms with E-state index in [9.17, 15) is 0 Å². The van der Waals surface area contributed by atoms with Crippen molar-refractivity contribution in [2.75, 3.05) is 5.73 Å². The maximum atomic E-state index is 5.82. The fraction of sp³-hybridized carbons (Fsp3) is 0.125. The lowest BCUT2D eigenvalue weighted by molar-refractivity contribution is 0.691. The lowest BCUT2D eigenvalue weighted by Crippen LogP contribution is -1.99. The Bertz CT molecular complexity index is 432. The van der Waals surface area contributed by atoms with E-state index in [-0.39, 0.29) is 0 Å². The van der Waals surface area contributed by atoms with Gasteiger partial charge in [-0.15, -0.1) is 11.3 Å². The smallest absolute Gasteiger partial charge is 0.159 e. The summed E-state index contributed by atoms with van der Waals surface area (Å²) in [6.45, 7) is 0.693. The van der Waals surface area contributed by atoms with Gasteiger partial charge in [0.2, 0.25) is 0 Å². The molecule has 6 heteroatoms. The number of halogens is 2. The molecule has 0 bridgehead atoms. The highest BCUT2D eigenvalue weighted by Crippen LogP contribution is 2.22. The summed E-state index contributed by atoms with van der Waals surface area (Å²) >= 11 is 10.6. The third-order valence-corrected chi connectivity index (χ3v) is 3.46. The van der Waals surface area contributed by atoms with Crippen molar-refractivity contribution < 1.29 is 0 Å². The standard InChI is InChI=1S/C8H7BrClN3S/c9-6-3-13(12-8(6)11)2-5-1-7(10)14-4-5/h1,3-4H,2H2,(H2,11,12). The van der Waals surface area contributed by atoms with Gasteiger partial charge in [0.05, 0.1) is 15.4 Å². The monoisotopic (exact) mass is 291 g/mol. The number of nitrogens with zero attached hydrogens (tertiary/aromatic N) is 2. The van der Waals surface area contributed by atoms with Crippen LogP contribution in [0.25, 0.3) is 0 Å². The van der Waals surface area contributed by atoms with Crippen molar-refractivity contribution in [2.24, 2.45) is 0 Å². The molecule has 0 saturated carbocycles. The molecule has 3 nitrogen and oxygen atoms in total. The maximum absolute atomic E-state index is 5.82. The molecule has 2 N–H and O–H groups in total. The molecular formula is C8H7BrClN3S. The molecular weight excluding hydrogens is 286 g/mol. The number of hydrogen-bond acceptors (Lipinski definition) is 3. The van der Waals surface area contributed by atoms with Gasteiger partial charge in [0.25, 0.3) is 0 Å². The first-order valence-electron chi connectivity index (χ1n) is 3.86. The van der Waals surface area contributed by atoms with E-state index in [1.165, 1.54) is 11.3 Å². The predicted octanol–water partition coefficient (Wildman–Crippen LogP) is 2.99. The Morgan fingerprint density at radius 2 is 2.43 bits per heavy atom. The van der Waals surface area contributed by atoms with Crippen molar-refractivity contribution in [3.8, 4) is 0 Å². The molecule has 0 amide bonds. The minimum Gasteiger partial charge on any atom is -0.381 e. The molecule has 2 heterocycles. The highest BCUT2D eigenvalue weighted by Gasteiger charge is 2.04. The minimum atomic E-state index is 0.506. The molecule has 0 spiro atoms. The Kier molecular flexibility index (Phi) is 2.80. The van der Waals surface area contributed by atoms with Crippen molar-refractivity contribution >= 4 is 44.7 Å². The molecule has 0 saturated heterocycles. The van der Waals surface area contributed by atoms with Gasteiger partial charge >= 0.3 is 0 Å². The average Bonchev–Trinajstić information content (AvgIpc) is 2.62. The average molecular weight is 293 g/mol. The van der Waals surface area contributed by atoms with Gasteiger partial charge in [-0.25, -0.2) is 0 Å². The second-order valence-electron chi connectivity index (χ2n) is 2.82. The molecule has 2 rings (SSSR count). The van der Waals surface area contributed by atoms with E-state index in [4.69, 9.17) is 17.3 Å². The molecule has 14 heavy (non-hydrogen) atoms. The molecule has 2 aromatic heterocycles. The van der Waals surface area contributed by atoms with Crippen LogP contribution in [0.3, 0.4) is 0 Å². The second-order valence-corrected chi connectivity index (χ2v) is 5.22. The Balaban J connectivity index is 2.18. The van der Waals surface area contributed by atoms with Crippen molar-refractivity contribution in [2.45, 2.75) is 6.54 Å². The summed E-state index contributed by atoms with van der Waals surface area (Å²) in [7, 11) is 0. The van der Waals surface area contributed by atoms with Crippen molar-refractivity contribution in [3.05, 3.63) is 32.0 Å². The third kappa shape index (κ3) is 2.10. The zero-order valence-corrected chi connectivity index (χ0v) is 10.2. The molecule has 0 aliphatic heterocycles. The Hall–Kier alpha value is -0.520. The Morgan fingerprint density at radius 1 is 1.64 bits per heavy atom. The Labute approximate surface area is 98.6 Å². The van der Waals surface area contributed by atoms with Gasteiger partial charge in [0.1, 0.15) is 0 Å². The summed E-state index contributed by atoms with van der Waals surface area (Å²) in [6, 6.07) is 1.93.